The SMILES string of the molecule is CCNC(=NCc1ccccc1OC)NCC(O)c1ccc(OC(F)(F)F)cc1. The molecule has 0 heterocycles. The minimum Gasteiger partial charge on any atom is -0.496 e. The van der Waals surface area contributed by atoms with E-state index in [1.165, 1.54) is 12.1 Å². The molecule has 0 saturated carbocycles. The van der Waals surface area contributed by atoms with E-state index in [0.29, 0.717) is 24.6 Å². The molecule has 158 valence electrons. The Kier molecular flexibility index (Phi) is 8.14. The quantitative estimate of drug-likeness (QED) is 0.459. The van der Waals surface area contributed by atoms with Crippen LogP contribution in [0.15, 0.2) is 53.5 Å². The van der Waals surface area contributed by atoms with Crippen LogP contribution in [0.1, 0.15) is 24.2 Å². The van der Waals surface area contributed by atoms with Gasteiger partial charge in [0.2, 0.25) is 0 Å². The number of guanidine groups is 1. The lowest BCUT2D eigenvalue weighted by Crippen LogP contribution is -2.39. The predicted octanol–water partition coefficient (Wildman–Crippen LogP) is 3.38. The van der Waals surface area contributed by atoms with Gasteiger partial charge in [0.1, 0.15) is 11.5 Å². The average molecular weight is 411 g/mol. The van der Waals surface area contributed by atoms with E-state index in [1.807, 2.05) is 31.2 Å². The Hall–Kier alpha value is -2.94. The van der Waals surface area contributed by atoms with E-state index in [9.17, 15) is 18.3 Å². The van der Waals surface area contributed by atoms with Crippen LogP contribution in [-0.2, 0) is 6.54 Å². The van der Waals surface area contributed by atoms with Crippen molar-refractivity contribution in [2.45, 2.75) is 25.9 Å². The molecule has 0 aliphatic heterocycles. The number of alkyl halides is 3. The van der Waals surface area contributed by atoms with E-state index in [2.05, 4.69) is 20.4 Å². The molecule has 0 aromatic heterocycles. The van der Waals surface area contributed by atoms with Gasteiger partial charge in [-0.05, 0) is 30.7 Å². The van der Waals surface area contributed by atoms with E-state index in [-0.39, 0.29) is 12.3 Å². The van der Waals surface area contributed by atoms with Crippen molar-refractivity contribution in [3.8, 4) is 11.5 Å². The van der Waals surface area contributed by atoms with Crippen molar-refractivity contribution in [3.63, 3.8) is 0 Å². The molecule has 2 aromatic carbocycles. The lowest BCUT2D eigenvalue weighted by Gasteiger charge is -2.16. The number of aliphatic imine (C=N–C) groups is 1. The van der Waals surface area contributed by atoms with Gasteiger partial charge in [-0.1, -0.05) is 30.3 Å². The number of para-hydroxylation sites is 1. The first-order chi connectivity index (χ1) is 13.8. The fourth-order valence-corrected chi connectivity index (χ4v) is 2.54. The predicted molar refractivity (Wildman–Crippen MR) is 104 cm³/mol. The van der Waals surface area contributed by atoms with Crippen LogP contribution in [0.3, 0.4) is 0 Å². The zero-order chi connectivity index (χ0) is 21.3. The molecule has 1 unspecified atom stereocenters. The highest BCUT2D eigenvalue weighted by Crippen LogP contribution is 2.24. The summed E-state index contributed by atoms with van der Waals surface area (Å²) in [7, 11) is 1.59. The lowest BCUT2D eigenvalue weighted by molar-refractivity contribution is -0.274. The number of benzene rings is 2. The lowest BCUT2D eigenvalue weighted by atomic mass is 10.1. The minimum absolute atomic E-state index is 0.122. The van der Waals surface area contributed by atoms with Gasteiger partial charge in [-0.15, -0.1) is 13.2 Å². The fraction of sp³-hybridized carbons (Fsp3) is 0.350. The Morgan fingerprint density at radius 2 is 1.79 bits per heavy atom. The summed E-state index contributed by atoms with van der Waals surface area (Å²) in [6, 6.07) is 12.6. The molecule has 0 fully saturated rings. The molecular weight excluding hydrogens is 387 g/mol. The number of halogens is 3. The third-order valence-electron chi connectivity index (χ3n) is 3.91. The Balaban J connectivity index is 1.96. The monoisotopic (exact) mass is 411 g/mol. The Morgan fingerprint density at radius 3 is 2.41 bits per heavy atom. The number of methoxy groups -OCH3 is 1. The van der Waals surface area contributed by atoms with Gasteiger partial charge in [-0.25, -0.2) is 4.99 Å². The maximum atomic E-state index is 12.2. The van der Waals surface area contributed by atoms with Crippen LogP contribution >= 0.6 is 0 Å². The van der Waals surface area contributed by atoms with Gasteiger partial charge in [0.25, 0.3) is 0 Å². The number of aliphatic hydroxyl groups is 1. The number of nitrogens with one attached hydrogen (secondary N) is 2. The van der Waals surface area contributed by atoms with Crippen molar-refractivity contribution in [3.05, 3.63) is 59.7 Å². The normalized spacial score (nSPS) is 13.0. The largest absolute Gasteiger partial charge is 0.573 e. The van der Waals surface area contributed by atoms with Crippen LogP contribution in [0.5, 0.6) is 11.5 Å². The molecule has 0 saturated heterocycles. The van der Waals surface area contributed by atoms with Crippen LogP contribution in [-0.4, -0.2) is 37.6 Å². The molecule has 1 atom stereocenters. The number of nitrogens with zero attached hydrogens (tertiary/aromatic N) is 1. The highest BCUT2D eigenvalue weighted by atomic mass is 19.4. The van der Waals surface area contributed by atoms with Crippen LogP contribution in [0.25, 0.3) is 0 Å². The maximum absolute atomic E-state index is 12.2. The third-order valence-corrected chi connectivity index (χ3v) is 3.91. The summed E-state index contributed by atoms with van der Waals surface area (Å²) in [5.41, 5.74) is 1.36. The summed E-state index contributed by atoms with van der Waals surface area (Å²) in [4.78, 5) is 4.47. The van der Waals surface area contributed by atoms with Crippen molar-refractivity contribution in [2.24, 2.45) is 4.99 Å². The first kappa shape index (κ1) is 22.4. The molecule has 2 aromatic rings. The second-order valence-electron chi connectivity index (χ2n) is 6.02. The number of hydrogen-bond acceptors (Lipinski definition) is 4. The molecule has 0 aliphatic rings. The number of aliphatic hydroxyl groups excluding tert-OH is 1. The molecule has 0 amide bonds. The molecule has 0 radical (unpaired) electrons. The Morgan fingerprint density at radius 1 is 1.10 bits per heavy atom. The van der Waals surface area contributed by atoms with E-state index >= 15 is 0 Å². The zero-order valence-electron chi connectivity index (χ0n) is 16.2. The molecule has 0 bridgehead atoms. The molecule has 0 aliphatic carbocycles. The zero-order valence-corrected chi connectivity index (χ0v) is 16.2. The van der Waals surface area contributed by atoms with E-state index in [0.717, 1.165) is 23.4 Å². The second kappa shape index (κ2) is 10.6. The number of rotatable bonds is 8. The Bertz CT molecular complexity index is 796. The van der Waals surface area contributed by atoms with Gasteiger partial charge in [0.15, 0.2) is 5.96 Å². The highest BCUT2D eigenvalue weighted by Gasteiger charge is 2.31. The van der Waals surface area contributed by atoms with Crippen molar-refractivity contribution in [2.75, 3.05) is 20.2 Å². The molecule has 9 heteroatoms. The smallest absolute Gasteiger partial charge is 0.496 e. The first-order valence-corrected chi connectivity index (χ1v) is 9.00. The van der Waals surface area contributed by atoms with Crippen molar-refractivity contribution >= 4 is 5.96 Å². The van der Waals surface area contributed by atoms with Gasteiger partial charge < -0.3 is 25.2 Å². The summed E-state index contributed by atoms with van der Waals surface area (Å²) < 4.78 is 45.8. The van der Waals surface area contributed by atoms with Gasteiger partial charge >= 0.3 is 6.36 Å². The van der Waals surface area contributed by atoms with Crippen LogP contribution < -0.4 is 20.1 Å². The molecule has 6 nitrogen and oxygen atoms in total. The summed E-state index contributed by atoms with van der Waals surface area (Å²) in [6.07, 6.45) is -5.69. The van der Waals surface area contributed by atoms with Gasteiger partial charge in [0.05, 0.1) is 19.8 Å². The highest BCUT2D eigenvalue weighted by molar-refractivity contribution is 5.79. The van der Waals surface area contributed by atoms with Gasteiger partial charge in [0, 0.05) is 18.7 Å². The van der Waals surface area contributed by atoms with Crippen LogP contribution in [0.2, 0.25) is 0 Å². The summed E-state index contributed by atoms with van der Waals surface area (Å²) in [6.45, 7) is 3.03. The molecule has 0 spiro atoms. The number of hydrogen-bond donors (Lipinski definition) is 3. The first-order valence-electron chi connectivity index (χ1n) is 9.00. The average Bonchev–Trinajstić information content (AvgIpc) is 2.69. The third kappa shape index (κ3) is 7.53. The topological polar surface area (TPSA) is 75.1 Å². The molecule has 2 rings (SSSR count). The van der Waals surface area contributed by atoms with Crippen molar-refractivity contribution in [1.29, 1.82) is 0 Å². The van der Waals surface area contributed by atoms with Crippen molar-refractivity contribution in [1.82, 2.24) is 10.6 Å². The van der Waals surface area contributed by atoms with Crippen LogP contribution in [0, 0.1) is 0 Å². The maximum Gasteiger partial charge on any atom is 0.573 e. The molecular formula is C20H24F3N3O3. The van der Waals surface area contributed by atoms with Gasteiger partial charge in [-0.3, -0.25) is 0 Å². The van der Waals surface area contributed by atoms with Gasteiger partial charge in [-0.2, -0.15) is 0 Å². The summed E-state index contributed by atoms with van der Waals surface area (Å²) in [5.74, 6) is 0.885. The Labute approximate surface area is 167 Å². The van der Waals surface area contributed by atoms with Crippen molar-refractivity contribution < 1.29 is 27.8 Å². The second-order valence-corrected chi connectivity index (χ2v) is 6.02. The fourth-order valence-electron chi connectivity index (χ4n) is 2.54. The van der Waals surface area contributed by atoms with E-state index in [4.69, 9.17) is 4.74 Å². The van der Waals surface area contributed by atoms with E-state index < -0.39 is 12.5 Å². The summed E-state index contributed by atoms with van der Waals surface area (Å²) in [5, 5.41) is 16.4. The minimum atomic E-state index is -4.75. The summed E-state index contributed by atoms with van der Waals surface area (Å²) >= 11 is 0. The molecule has 29 heavy (non-hydrogen) atoms. The number of ether oxygens (including phenoxy) is 2. The van der Waals surface area contributed by atoms with E-state index in [1.54, 1.807) is 7.11 Å². The van der Waals surface area contributed by atoms with Crippen LogP contribution in [0.4, 0.5) is 13.2 Å². The standard InChI is InChI=1S/C20H24F3N3O3/c1-3-24-19(25-12-15-6-4-5-7-18(15)28-2)26-13-17(27)14-8-10-16(11-9-14)29-20(21,22)23/h4-11,17,27H,3,12-13H2,1-2H3,(H2,24,25,26). The molecule has 3 N–H and O–H groups in total.